The zero-order valence-electron chi connectivity index (χ0n) is 21.4. The molecule has 0 unspecified atom stereocenters. The Morgan fingerprint density at radius 2 is 1.51 bits per heavy atom. The molecule has 0 radical (unpaired) electrons. The van der Waals surface area contributed by atoms with E-state index in [-0.39, 0.29) is 5.56 Å². The Labute approximate surface area is 217 Å². The third kappa shape index (κ3) is 5.55. The highest BCUT2D eigenvalue weighted by atomic mass is 32.2. The Balaban J connectivity index is 1.44. The van der Waals surface area contributed by atoms with Crippen molar-refractivity contribution in [3.8, 4) is 22.3 Å². The fraction of sp³-hybridized carbons (Fsp3) is 0.276. The van der Waals surface area contributed by atoms with Gasteiger partial charge in [0.25, 0.3) is 5.56 Å². The van der Waals surface area contributed by atoms with E-state index in [9.17, 15) is 13.2 Å². The minimum absolute atomic E-state index is 0.273. The highest BCUT2D eigenvalue weighted by molar-refractivity contribution is 7.92. The second kappa shape index (κ2) is 10.0. The quantitative estimate of drug-likeness (QED) is 0.386. The number of anilines is 2. The summed E-state index contributed by atoms with van der Waals surface area (Å²) in [6, 6.07) is 23.9. The molecule has 0 aliphatic carbocycles. The molecule has 0 bridgehead atoms. The van der Waals surface area contributed by atoms with Gasteiger partial charge in [0.2, 0.25) is 10.0 Å². The largest absolute Gasteiger partial charge is 0.369 e. The van der Waals surface area contributed by atoms with Crippen molar-refractivity contribution in [2.45, 2.75) is 19.9 Å². The Morgan fingerprint density at radius 3 is 2.19 bits per heavy atom. The topological polar surface area (TPSA) is 85.5 Å². The maximum atomic E-state index is 12.9. The molecular formula is C29H32N4O3S. The molecule has 5 rings (SSSR count). The third-order valence-corrected chi connectivity index (χ3v) is 7.56. The van der Waals surface area contributed by atoms with E-state index in [0.29, 0.717) is 22.9 Å². The number of rotatable bonds is 6. The summed E-state index contributed by atoms with van der Waals surface area (Å²) in [4.78, 5) is 20.8. The molecule has 2 N–H and O–H groups in total. The Bertz CT molecular complexity index is 1590. The second-order valence-electron chi connectivity index (χ2n) is 9.90. The van der Waals surface area contributed by atoms with E-state index < -0.39 is 10.0 Å². The zero-order valence-corrected chi connectivity index (χ0v) is 22.2. The number of hydrogen-bond acceptors (Lipinski definition) is 5. The lowest BCUT2D eigenvalue weighted by atomic mass is 10.00. The van der Waals surface area contributed by atoms with Gasteiger partial charge < -0.3 is 9.88 Å². The van der Waals surface area contributed by atoms with Crippen molar-refractivity contribution in [1.29, 1.82) is 0 Å². The molecule has 0 amide bonds. The number of aromatic nitrogens is 1. The normalized spacial score (nSPS) is 14.9. The van der Waals surface area contributed by atoms with Gasteiger partial charge in [-0.1, -0.05) is 36.4 Å². The number of sulfonamides is 1. The van der Waals surface area contributed by atoms with Gasteiger partial charge in [-0.25, -0.2) is 8.42 Å². The molecule has 37 heavy (non-hydrogen) atoms. The molecular weight excluding hydrogens is 484 g/mol. The summed E-state index contributed by atoms with van der Waals surface area (Å²) in [6.07, 6.45) is 1.09. The molecule has 0 atom stereocenters. The first-order valence-corrected chi connectivity index (χ1v) is 14.4. The molecule has 8 heteroatoms. The molecule has 1 saturated heterocycles. The van der Waals surface area contributed by atoms with Gasteiger partial charge in [0.05, 0.1) is 11.9 Å². The fourth-order valence-corrected chi connectivity index (χ4v) is 5.53. The van der Waals surface area contributed by atoms with Crippen LogP contribution in [0.1, 0.15) is 13.8 Å². The number of piperazine rings is 1. The molecule has 3 aromatic carbocycles. The molecule has 1 aliphatic heterocycles. The van der Waals surface area contributed by atoms with E-state index in [1.807, 2.05) is 18.2 Å². The van der Waals surface area contributed by atoms with Crippen molar-refractivity contribution < 1.29 is 8.42 Å². The van der Waals surface area contributed by atoms with Crippen LogP contribution < -0.4 is 15.2 Å². The minimum Gasteiger partial charge on any atom is -0.369 e. The smallest absolute Gasteiger partial charge is 0.256 e. The van der Waals surface area contributed by atoms with Crippen LogP contribution in [-0.4, -0.2) is 56.8 Å². The van der Waals surface area contributed by atoms with Crippen LogP contribution in [-0.2, 0) is 10.0 Å². The predicted octanol–water partition coefficient (Wildman–Crippen LogP) is 4.76. The summed E-state index contributed by atoms with van der Waals surface area (Å²) in [7, 11) is -3.49. The van der Waals surface area contributed by atoms with Crippen molar-refractivity contribution in [3.63, 3.8) is 0 Å². The molecule has 4 aromatic rings. The van der Waals surface area contributed by atoms with Crippen LogP contribution in [0.4, 0.5) is 11.4 Å². The van der Waals surface area contributed by atoms with E-state index in [0.717, 1.165) is 54.5 Å². The van der Waals surface area contributed by atoms with E-state index in [1.165, 1.54) is 5.69 Å². The molecule has 1 fully saturated rings. The van der Waals surface area contributed by atoms with Crippen LogP contribution in [0.5, 0.6) is 0 Å². The van der Waals surface area contributed by atoms with Crippen molar-refractivity contribution in [2.24, 2.45) is 0 Å². The van der Waals surface area contributed by atoms with Gasteiger partial charge >= 0.3 is 0 Å². The second-order valence-corrected chi connectivity index (χ2v) is 11.6. The number of pyridine rings is 1. The van der Waals surface area contributed by atoms with Gasteiger partial charge in [-0.15, -0.1) is 0 Å². The number of H-pyrrole nitrogens is 1. The van der Waals surface area contributed by atoms with Crippen LogP contribution >= 0.6 is 0 Å². The molecule has 192 valence electrons. The summed E-state index contributed by atoms with van der Waals surface area (Å²) < 4.78 is 26.2. The van der Waals surface area contributed by atoms with E-state index in [2.05, 4.69) is 63.7 Å². The maximum absolute atomic E-state index is 12.9. The number of nitrogens with one attached hydrogen (secondary N) is 2. The number of fused-ring (bicyclic) bond motifs is 1. The summed E-state index contributed by atoms with van der Waals surface area (Å²) in [5.74, 6) is 0. The average Bonchev–Trinajstić information content (AvgIpc) is 2.88. The average molecular weight is 517 g/mol. The van der Waals surface area contributed by atoms with Crippen LogP contribution in [0.2, 0.25) is 0 Å². The van der Waals surface area contributed by atoms with Crippen LogP contribution in [0, 0.1) is 0 Å². The van der Waals surface area contributed by atoms with Crippen molar-refractivity contribution >= 4 is 32.3 Å². The predicted molar refractivity (Wildman–Crippen MR) is 153 cm³/mol. The third-order valence-electron chi connectivity index (χ3n) is 6.97. The van der Waals surface area contributed by atoms with Crippen molar-refractivity contribution in [3.05, 3.63) is 83.2 Å². The Kier molecular flexibility index (Phi) is 6.79. The number of hydrogen-bond donors (Lipinski definition) is 2. The van der Waals surface area contributed by atoms with Crippen molar-refractivity contribution in [2.75, 3.05) is 42.1 Å². The van der Waals surface area contributed by atoms with E-state index in [1.54, 1.807) is 24.3 Å². The Morgan fingerprint density at radius 1 is 0.838 bits per heavy atom. The first-order valence-electron chi connectivity index (χ1n) is 12.5. The minimum atomic E-state index is -3.49. The SMILES string of the molecule is CC(C)N1CCN(c2ccc(-c3ccc4[nH]c(=O)c(-c5ccccc5NS(C)(=O)=O)cc4c3)cc2)CC1. The summed E-state index contributed by atoms with van der Waals surface area (Å²) in [6.45, 7) is 8.70. The fourth-order valence-electron chi connectivity index (χ4n) is 4.95. The highest BCUT2D eigenvalue weighted by Crippen LogP contribution is 2.30. The molecule has 2 heterocycles. The first kappa shape index (κ1) is 25.0. The number of benzene rings is 3. The molecule has 1 aromatic heterocycles. The highest BCUT2D eigenvalue weighted by Gasteiger charge is 2.19. The number of aromatic amines is 1. The lowest BCUT2D eigenvalue weighted by molar-refractivity contribution is 0.209. The monoisotopic (exact) mass is 516 g/mol. The summed E-state index contributed by atoms with van der Waals surface area (Å²) in [5.41, 5.74) is 5.14. The van der Waals surface area contributed by atoms with Gasteiger partial charge in [-0.2, -0.15) is 0 Å². The van der Waals surface area contributed by atoms with E-state index in [4.69, 9.17) is 0 Å². The number of nitrogens with zero attached hydrogens (tertiary/aromatic N) is 2. The molecule has 0 spiro atoms. The standard InChI is InChI=1S/C29H32N4O3S/c1-20(2)32-14-16-33(17-15-32)24-11-8-21(9-12-24)22-10-13-27-23(18-22)19-26(29(34)30-27)25-6-4-5-7-28(25)31-37(3,35)36/h4-13,18-20,31H,14-17H2,1-3H3,(H,30,34). The van der Waals surface area contributed by atoms with Gasteiger partial charge in [0, 0.05) is 54.6 Å². The van der Waals surface area contributed by atoms with Crippen LogP contribution in [0.25, 0.3) is 33.2 Å². The van der Waals surface area contributed by atoms with Crippen LogP contribution in [0.3, 0.4) is 0 Å². The first-order chi connectivity index (χ1) is 17.7. The lowest BCUT2D eigenvalue weighted by Gasteiger charge is -2.38. The summed E-state index contributed by atoms with van der Waals surface area (Å²) in [5, 5.41) is 0.871. The summed E-state index contributed by atoms with van der Waals surface area (Å²) >= 11 is 0. The lowest BCUT2D eigenvalue weighted by Crippen LogP contribution is -2.48. The van der Waals surface area contributed by atoms with E-state index >= 15 is 0 Å². The van der Waals surface area contributed by atoms with Gasteiger partial charge in [-0.3, -0.25) is 14.4 Å². The Hall–Kier alpha value is -3.62. The number of para-hydroxylation sites is 1. The molecule has 7 nitrogen and oxygen atoms in total. The van der Waals surface area contributed by atoms with Crippen LogP contribution in [0.15, 0.2) is 77.6 Å². The molecule has 1 aliphatic rings. The van der Waals surface area contributed by atoms with Gasteiger partial charge in [-0.05, 0) is 66.8 Å². The molecule has 0 saturated carbocycles. The van der Waals surface area contributed by atoms with Gasteiger partial charge in [0.1, 0.15) is 0 Å². The van der Waals surface area contributed by atoms with Gasteiger partial charge in [0.15, 0.2) is 0 Å². The zero-order chi connectivity index (χ0) is 26.2. The maximum Gasteiger partial charge on any atom is 0.256 e. The van der Waals surface area contributed by atoms with Crippen molar-refractivity contribution in [1.82, 2.24) is 9.88 Å².